The van der Waals surface area contributed by atoms with E-state index in [0.29, 0.717) is 5.57 Å². The zero-order valence-electron chi connectivity index (χ0n) is 15.7. The van der Waals surface area contributed by atoms with Crippen LogP contribution in [0.2, 0.25) is 0 Å². The van der Waals surface area contributed by atoms with Gasteiger partial charge in [-0.1, -0.05) is 36.0 Å². The topological polar surface area (TPSA) is 55.8 Å². The van der Waals surface area contributed by atoms with Crippen molar-refractivity contribution in [2.24, 2.45) is 0 Å². The Balaban J connectivity index is 3.05. The van der Waals surface area contributed by atoms with Crippen molar-refractivity contribution in [2.75, 3.05) is 14.2 Å². The van der Waals surface area contributed by atoms with Gasteiger partial charge in [0, 0.05) is 17.2 Å². The molecule has 0 bridgehead atoms. The summed E-state index contributed by atoms with van der Waals surface area (Å²) in [5.41, 5.74) is 4.77. The maximum absolute atomic E-state index is 10.6. The normalized spacial score (nSPS) is 12.9. The van der Waals surface area contributed by atoms with Crippen LogP contribution in [0.25, 0.3) is 6.08 Å². The Morgan fingerprint density at radius 2 is 1.76 bits per heavy atom. The zero-order chi connectivity index (χ0) is 19.0. The maximum Gasteiger partial charge on any atom is 0.328 e. The van der Waals surface area contributed by atoms with Gasteiger partial charge in [-0.3, -0.25) is 0 Å². The van der Waals surface area contributed by atoms with Crippen LogP contribution in [-0.4, -0.2) is 25.3 Å². The van der Waals surface area contributed by atoms with E-state index in [2.05, 4.69) is 0 Å². The molecule has 0 aromatic heterocycles. The van der Waals surface area contributed by atoms with E-state index in [1.165, 1.54) is 6.08 Å². The molecule has 0 atom stereocenters. The summed E-state index contributed by atoms with van der Waals surface area (Å²) in [7, 11) is 3.30. The number of carbonyl (C=O) groups is 1. The summed E-state index contributed by atoms with van der Waals surface area (Å²) < 4.78 is 10.9. The van der Waals surface area contributed by atoms with Crippen molar-refractivity contribution in [3.05, 3.63) is 64.3 Å². The molecule has 0 saturated heterocycles. The fraction of sp³-hybridized carbons (Fsp3) is 0.286. The average molecular weight is 342 g/mol. The summed E-state index contributed by atoms with van der Waals surface area (Å²) in [4.78, 5) is 10.6. The SMILES string of the molecule is COc1cc(C)c(C=CC(C)=CC=CC(C)=CC(=O)O)c(OC)c1C. The van der Waals surface area contributed by atoms with E-state index in [1.807, 2.05) is 51.1 Å². The lowest BCUT2D eigenvalue weighted by atomic mass is 10.0. The molecule has 0 unspecified atom stereocenters. The Labute approximate surface area is 149 Å². The first-order valence-corrected chi connectivity index (χ1v) is 7.96. The average Bonchev–Trinajstić information content (AvgIpc) is 2.54. The van der Waals surface area contributed by atoms with Crippen molar-refractivity contribution in [3.63, 3.8) is 0 Å². The van der Waals surface area contributed by atoms with Crippen molar-refractivity contribution >= 4 is 12.0 Å². The predicted octanol–water partition coefficient (Wildman–Crippen LogP) is 4.87. The smallest absolute Gasteiger partial charge is 0.328 e. The minimum atomic E-state index is -0.944. The largest absolute Gasteiger partial charge is 0.496 e. The van der Waals surface area contributed by atoms with Crippen LogP contribution in [0.3, 0.4) is 0 Å². The minimum absolute atomic E-state index is 0.684. The predicted molar refractivity (Wildman–Crippen MR) is 102 cm³/mol. The van der Waals surface area contributed by atoms with Gasteiger partial charge in [-0.05, 0) is 44.9 Å². The number of carboxylic acids is 1. The maximum atomic E-state index is 10.6. The summed E-state index contributed by atoms with van der Waals surface area (Å²) in [6, 6.07) is 2.00. The van der Waals surface area contributed by atoms with Crippen LogP contribution in [0.1, 0.15) is 30.5 Å². The highest BCUT2D eigenvalue weighted by molar-refractivity contribution is 5.81. The molecule has 1 rings (SSSR count). The van der Waals surface area contributed by atoms with Crippen LogP contribution in [0.4, 0.5) is 0 Å². The molecule has 4 heteroatoms. The van der Waals surface area contributed by atoms with Crippen LogP contribution >= 0.6 is 0 Å². The van der Waals surface area contributed by atoms with E-state index in [0.717, 1.165) is 33.8 Å². The third kappa shape index (κ3) is 5.99. The first kappa shape index (κ1) is 20.3. The number of benzene rings is 1. The highest BCUT2D eigenvalue weighted by atomic mass is 16.5. The molecular formula is C21H26O4. The first-order chi connectivity index (χ1) is 11.8. The molecule has 0 aliphatic rings. The Kier molecular flexibility index (Phi) is 7.73. The highest BCUT2D eigenvalue weighted by Crippen LogP contribution is 2.35. The highest BCUT2D eigenvalue weighted by Gasteiger charge is 2.12. The fourth-order valence-corrected chi connectivity index (χ4v) is 2.42. The molecule has 1 aromatic carbocycles. The fourth-order valence-electron chi connectivity index (χ4n) is 2.42. The molecule has 0 amide bonds. The van der Waals surface area contributed by atoms with Gasteiger partial charge in [-0.25, -0.2) is 4.79 Å². The van der Waals surface area contributed by atoms with Gasteiger partial charge in [-0.15, -0.1) is 0 Å². The molecule has 0 aliphatic carbocycles. The summed E-state index contributed by atoms with van der Waals surface area (Å²) in [5, 5.41) is 8.68. The number of aliphatic carboxylic acids is 1. The van der Waals surface area contributed by atoms with Gasteiger partial charge in [-0.2, -0.15) is 0 Å². The van der Waals surface area contributed by atoms with E-state index < -0.39 is 5.97 Å². The summed E-state index contributed by atoms with van der Waals surface area (Å²) >= 11 is 0. The standard InChI is InChI=1S/C21H26O4/c1-14(8-7-9-15(2)12-20(22)23)10-11-18-16(3)13-19(24-5)17(4)21(18)25-6/h7-13H,1-6H3,(H,22,23). The second kappa shape index (κ2) is 9.52. The summed E-state index contributed by atoms with van der Waals surface area (Å²) in [5.74, 6) is 0.666. The van der Waals surface area contributed by atoms with Crippen molar-refractivity contribution in [1.82, 2.24) is 0 Å². The molecule has 0 saturated carbocycles. The quantitative estimate of drug-likeness (QED) is 0.567. The lowest BCUT2D eigenvalue weighted by molar-refractivity contribution is -0.131. The van der Waals surface area contributed by atoms with Gasteiger partial charge < -0.3 is 14.6 Å². The van der Waals surface area contributed by atoms with E-state index in [9.17, 15) is 4.79 Å². The van der Waals surface area contributed by atoms with Crippen LogP contribution in [0.15, 0.2) is 47.6 Å². The van der Waals surface area contributed by atoms with E-state index in [1.54, 1.807) is 27.2 Å². The molecule has 0 aliphatic heterocycles. The first-order valence-electron chi connectivity index (χ1n) is 7.96. The second-order valence-electron chi connectivity index (χ2n) is 5.80. The zero-order valence-corrected chi connectivity index (χ0v) is 15.7. The molecule has 0 radical (unpaired) electrons. The molecule has 0 heterocycles. The van der Waals surface area contributed by atoms with Crippen LogP contribution in [0.5, 0.6) is 11.5 Å². The Bertz CT molecular complexity index is 750. The van der Waals surface area contributed by atoms with Gasteiger partial charge >= 0.3 is 5.97 Å². The molecule has 1 N–H and O–H groups in total. The monoisotopic (exact) mass is 342 g/mol. The van der Waals surface area contributed by atoms with Crippen molar-refractivity contribution in [1.29, 1.82) is 0 Å². The van der Waals surface area contributed by atoms with Crippen LogP contribution in [0, 0.1) is 13.8 Å². The number of hydrogen-bond acceptors (Lipinski definition) is 3. The van der Waals surface area contributed by atoms with E-state index in [4.69, 9.17) is 14.6 Å². The van der Waals surface area contributed by atoms with Crippen LogP contribution in [-0.2, 0) is 4.79 Å². The number of methoxy groups -OCH3 is 2. The third-order valence-electron chi connectivity index (χ3n) is 3.73. The van der Waals surface area contributed by atoms with Gasteiger partial charge in [0.15, 0.2) is 0 Å². The van der Waals surface area contributed by atoms with Crippen molar-refractivity contribution in [2.45, 2.75) is 27.7 Å². The number of carboxylic acid groups (broad SMARTS) is 1. The van der Waals surface area contributed by atoms with Crippen molar-refractivity contribution < 1.29 is 19.4 Å². The molecule has 1 aromatic rings. The number of aryl methyl sites for hydroxylation is 1. The van der Waals surface area contributed by atoms with Gasteiger partial charge in [0.2, 0.25) is 0 Å². The van der Waals surface area contributed by atoms with Crippen molar-refractivity contribution in [3.8, 4) is 11.5 Å². The molecule has 134 valence electrons. The van der Waals surface area contributed by atoms with Gasteiger partial charge in [0.05, 0.1) is 14.2 Å². The Morgan fingerprint density at radius 3 is 2.32 bits per heavy atom. The van der Waals surface area contributed by atoms with E-state index >= 15 is 0 Å². The van der Waals surface area contributed by atoms with E-state index in [-0.39, 0.29) is 0 Å². The molecule has 4 nitrogen and oxygen atoms in total. The Hall–Kier alpha value is -2.75. The second-order valence-corrected chi connectivity index (χ2v) is 5.80. The Morgan fingerprint density at radius 1 is 1.08 bits per heavy atom. The van der Waals surface area contributed by atoms with Crippen LogP contribution < -0.4 is 9.47 Å². The number of hydrogen-bond donors (Lipinski definition) is 1. The lowest BCUT2D eigenvalue weighted by Crippen LogP contribution is -1.97. The molecule has 25 heavy (non-hydrogen) atoms. The number of ether oxygens (including phenoxy) is 2. The summed E-state index contributed by atoms with van der Waals surface area (Å²) in [6.07, 6.45) is 10.7. The van der Waals surface area contributed by atoms with Gasteiger partial charge in [0.25, 0.3) is 0 Å². The molecule has 0 spiro atoms. The van der Waals surface area contributed by atoms with Gasteiger partial charge in [0.1, 0.15) is 11.5 Å². The number of rotatable bonds is 7. The lowest BCUT2D eigenvalue weighted by Gasteiger charge is -2.15. The minimum Gasteiger partial charge on any atom is -0.496 e. The summed E-state index contributed by atoms with van der Waals surface area (Å²) in [6.45, 7) is 7.72. The molecule has 0 fully saturated rings. The molecular weight excluding hydrogens is 316 g/mol. The number of allylic oxidation sites excluding steroid dienone is 6. The third-order valence-corrected chi connectivity index (χ3v) is 3.73.